The van der Waals surface area contributed by atoms with E-state index in [4.69, 9.17) is 0 Å². The topological polar surface area (TPSA) is 16.1 Å². The van der Waals surface area contributed by atoms with Crippen LogP contribution in [0, 0.1) is 6.92 Å². The second-order valence-electron chi connectivity index (χ2n) is 5.71. The van der Waals surface area contributed by atoms with E-state index < -0.39 is 0 Å². The van der Waals surface area contributed by atoms with Crippen molar-refractivity contribution in [2.24, 2.45) is 0 Å². The number of thioether (sulfide) groups is 1. The maximum absolute atomic E-state index is 4.37. The molecule has 0 N–H and O–H groups in total. The van der Waals surface area contributed by atoms with Crippen molar-refractivity contribution >= 4 is 23.1 Å². The SMILES string of the molecule is Cc1cccc(SC2CCN(CCc3cscn3)CC2)c1. The first-order chi connectivity index (χ1) is 10.3. The molecule has 1 aromatic heterocycles. The summed E-state index contributed by atoms with van der Waals surface area (Å²) in [7, 11) is 0. The van der Waals surface area contributed by atoms with Crippen LogP contribution >= 0.6 is 23.1 Å². The Morgan fingerprint density at radius 3 is 2.90 bits per heavy atom. The molecular formula is C17H22N2S2. The minimum Gasteiger partial charge on any atom is -0.303 e. The molecule has 0 spiro atoms. The Morgan fingerprint density at radius 2 is 2.19 bits per heavy atom. The Kier molecular flexibility index (Phi) is 5.33. The molecule has 0 unspecified atom stereocenters. The minimum atomic E-state index is 0.780. The molecule has 1 aliphatic heterocycles. The van der Waals surface area contributed by atoms with Gasteiger partial charge in [0, 0.05) is 28.5 Å². The normalized spacial score (nSPS) is 17.2. The molecule has 0 saturated carbocycles. The van der Waals surface area contributed by atoms with Crippen LogP contribution in [0.15, 0.2) is 40.1 Å². The number of aromatic nitrogens is 1. The van der Waals surface area contributed by atoms with Crippen molar-refractivity contribution < 1.29 is 0 Å². The molecule has 1 aromatic carbocycles. The first-order valence-corrected chi connectivity index (χ1v) is 9.44. The number of hydrogen-bond acceptors (Lipinski definition) is 4. The smallest absolute Gasteiger partial charge is 0.0794 e. The van der Waals surface area contributed by atoms with Crippen LogP contribution in [-0.2, 0) is 6.42 Å². The predicted molar refractivity (Wildman–Crippen MR) is 92.3 cm³/mol. The number of rotatable bonds is 5. The lowest BCUT2D eigenvalue weighted by Gasteiger charge is -2.31. The average Bonchev–Trinajstić information content (AvgIpc) is 3.00. The highest BCUT2D eigenvalue weighted by Gasteiger charge is 2.19. The van der Waals surface area contributed by atoms with Gasteiger partial charge in [0.1, 0.15) is 0 Å². The Morgan fingerprint density at radius 1 is 1.33 bits per heavy atom. The van der Waals surface area contributed by atoms with Gasteiger partial charge in [0.2, 0.25) is 0 Å². The van der Waals surface area contributed by atoms with Gasteiger partial charge in [-0.1, -0.05) is 17.7 Å². The third-order valence-electron chi connectivity index (χ3n) is 3.99. The van der Waals surface area contributed by atoms with E-state index in [-0.39, 0.29) is 0 Å². The van der Waals surface area contributed by atoms with E-state index in [0.717, 1.165) is 18.2 Å². The number of likely N-dealkylation sites (tertiary alicyclic amines) is 1. The highest BCUT2D eigenvalue weighted by atomic mass is 32.2. The van der Waals surface area contributed by atoms with Crippen LogP contribution in [0.4, 0.5) is 0 Å². The maximum atomic E-state index is 4.37. The van der Waals surface area contributed by atoms with Crippen LogP contribution in [0.2, 0.25) is 0 Å². The third-order valence-corrected chi connectivity index (χ3v) is 5.96. The molecule has 21 heavy (non-hydrogen) atoms. The molecule has 112 valence electrons. The van der Waals surface area contributed by atoms with E-state index in [1.165, 1.54) is 42.1 Å². The molecule has 2 aromatic rings. The van der Waals surface area contributed by atoms with E-state index in [1.54, 1.807) is 11.3 Å². The summed E-state index contributed by atoms with van der Waals surface area (Å²) in [5.74, 6) is 0. The Labute approximate surface area is 135 Å². The quantitative estimate of drug-likeness (QED) is 0.820. The molecule has 3 rings (SSSR count). The standard InChI is InChI=1S/C17H22N2S2/c1-14-3-2-4-17(11-14)21-16-6-9-19(10-7-16)8-5-15-12-20-13-18-15/h2-4,11-13,16H,5-10H2,1H3. The zero-order valence-electron chi connectivity index (χ0n) is 12.5. The van der Waals surface area contributed by atoms with Crippen LogP contribution < -0.4 is 0 Å². The summed E-state index contributed by atoms with van der Waals surface area (Å²) in [5.41, 5.74) is 4.54. The van der Waals surface area contributed by atoms with Crippen molar-refractivity contribution in [3.63, 3.8) is 0 Å². The number of benzene rings is 1. The molecule has 0 aliphatic carbocycles. The van der Waals surface area contributed by atoms with Crippen LogP contribution in [0.1, 0.15) is 24.1 Å². The van der Waals surface area contributed by atoms with Crippen LogP contribution in [0.3, 0.4) is 0 Å². The van der Waals surface area contributed by atoms with Gasteiger partial charge in [-0.05, 0) is 45.0 Å². The van der Waals surface area contributed by atoms with Crippen molar-refractivity contribution in [3.05, 3.63) is 46.4 Å². The largest absolute Gasteiger partial charge is 0.303 e. The van der Waals surface area contributed by atoms with Crippen LogP contribution in [-0.4, -0.2) is 34.8 Å². The maximum Gasteiger partial charge on any atom is 0.0794 e. The van der Waals surface area contributed by atoms with Crippen molar-refractivity contribution in [2.75, 3.05) is 19.6 Å². The molecule has 0 amide bonds. The van der Waals surface area contributed by atoms with Crippen molar-refractivity contribution in [1.82, 2.24) is 9.88 Å². The number of aryl methyl sites for hydroxylation is 1. The summed E-state index contributed by atoms with van der Waals surface area (Å²) in [5, 5.41) is 2.95. The summed E-state index contributed by atoms with van der Waals surface area (Å²) in [4.78, 5) is 8.38. The molecule has 1 fully saturated rings. The monoisotopic (exact) mass is 318 g/mol. The van der Waals surface area contributed by atoms with Gasteiger partial charge >= 0.3 is 0 Å². The fraction of sp³-hybridized carbons (Fsp3) is 0.471. The van der Waals surface area contributed by atoms with Gasteiger partial charge in [-0.3, -0.25) is 0 Å². The fourth-order valence-electron chi connectivity index (χ4n) is 2.77. The lowest BCUT2D eigenvalue weighted by atomic mass is 10.1. The van der Waals surface area contributed by atoms with Crippen molar-refractivity contribution in [2.45, 2.75) is 36.3 Å². The van der Waals surface area contributed by atoms with E-state index in [9.17, 15) is 0 Å². The zero-order valence-corrected chi connectivity index (χ0v) is 14.1. The van der Waals surface area contributed by atoms with E-state index >= 15 is 0 Å². The Balaban J connectivity index is 1.42. The summed E-state index contributed by atoms with van der Waals surface area (Å²) < 4.78 is 0. The molecule has 4 heteroatoms. The van der Waals surface area contributed by atoms with Gasteiger partial charge in [-0.25, -0.2) is 4.98 Å². The van der Waals surface area contributed by atoms with E-state index in [1.807, 2.05) is 5.51 Å². The number of piperidine rings is 1. The molecule has 0 radical (unpaired) electrons. The number of nitrogens with zero attached hydrogens (tertiary/aromatic N) is 2. The van der Waals surface area contributed by atoms with Crippen molar-refractivity contribution in [1.29, 1.82) is 0 Å². The molecule has 0 atom stereocenters. The molecule has 2 nitrogen and oxygen atoms in total. The minimum absolute atomic E-state index is 0.780. The lowest BCUT2D eigenvalue weighted by molar-refractivity contribution is 0.235. The first-order valence-electron chi connectivity index (χ1n) is 7.62. The molecule has 1 saturated heterocycles. The Hall–Kier alpha value is -0.840. The van der Waals surface area contributed by atoms with Crippen LogP contribution in [0.25, 0.3) is 0 Å². The highest BCUT2D eigenvalue weighted by molar-refractivity contribution is 8.00. The van der Waals surface area contributed by atoms with Gasteiger partial charge in [0.15, 0.2) is 0 Å². The van der Waals surface area contributed by atoms with Crippen LogP contribution in [0.5, 0.6) is 0 Å². The zero-order chi connectivity index (χ0) is 14.5. The first kappa shape index (κ1) is 15.1. The fourth-order valence-corrected chi connectivity index (χ4v) is 4.60. The molecular weight excluding hydrogens is 296 g/mol. The molecule has 1 aliphatic rings. The van der Waals surface area contributed by atoms with Gasteiger partial charge in [-0.2, -0.15) is 0 Å². The van der Waals surface area contributed by atoms with Gasteiger partial charge in [-0.15, -0.1) is 23.1 Å². The molecule has 0 bridgehead atoms. The second kappa shape index (κ2) is 7.43. The number of hydrogen-bond donors (Lipinski definition) is 0. The average molecular weight is 319 g/mol. The number of thiazole rings is 1. The summed E-state index contributed by atoms with van der Waals surface area (Å²) >= 11 is 3.76. The third kappa shape index (κ3) is 4.56. The molecule has 2 heterocycles. The second-order valence-corrected chi connectivity index (χ2v) is 7.80. The summed E-state index contributed by atoms with van der Waals surface area (Å²) in [6.07, 6.45) is 3.70. The predicted octanol–water partition coefficient (Wildman–Crippen LogP) is 4.25. The van der Waals surface area contributed by atoms with Crippen molar-refractivity contribution in [3.8, 4) is 0 Å². The summed E-state index contributed by atoms with van der Waals surface area (Å²) in [6.45, 7) is 5.79. The van der Waals surface area contributed by atoms with Gasteiger partial charge < -0.3 is 4.90 Å². The highest BCUT2D eigenvalue weighted by Crippen LogP contribution is 2.30. The summed E-state index contributed by atoms with van der Waals surface area (Å²) in [6, 6.07) is 8.89. The van der Waals surface area contributed by atoms with E-state index in [0.29, 0.717) is 0 Å². The van der Waals surface area contributed by atoms with Gasteiger partial charge in [0.05, 0.1) is 11.2 Å². The van der Waals surface area contributed by atoms with E-state index in [2.05, 4.69) is 58.2 Å². The van der Waals surface area contributed by atoms with Gasteiger partial charge in [0.25, 0.3) is 0 Å². The lowest BCUT2D eigenvalue weighted by Crippen LogP contribution is -2.36. The Bertz CT molecular complexity index is 546.